The van der Waals surface area contributed by atoms with Crippen LogP contribution in [0.4, 0.5) is 5.69 Å². The largest absolute Gasteiger partial charge is 0.326 e. The lowest BCUT2D eigenvalue weighted by molar-refractivity contribution is 0.600. The molecule has 0 radical (unpaired) electrons. The van der Waals surface area contributed by atoms with E-state index < -0.39 is 10.0 Å². The zero-order valence-electron chi connectivity index (χ0n) is 11.1. The van der Waals surface area contributed by atoms with Gasteiger partial charge in [-0.3, -0.25) is 4.72 Å². The van der Waals surface area contributed by atoms with Gasteiger partial charge in [0.25, 0.3) is 10.0 Å². The Morgan fingerprint density at radius 3 is 2.57 bits per heavy atom. The second kappa shape index (κ2) is 5.48. The van der Waals surface area contributed by atoms with Gasteiger partial charge in [0.2, 0.25) is 0 Å². The summed E-state index contributed by atoms with van der Waals surface area (Å²) < 4.78 is 27.4. The fraction of sp³-hybridized carbons (Fsp3) is 0.0667. The van der Waals surface area contributed by atoms with Crippen molar-refractivity contribution in [1.82, 2.24) is 0 Å². The summed E-state index contributed by atoms with van der Waals surface area (Å²) in [6.45, 7) is 0.214. The monoisotopic (exact) mass is 318 g/mol. The van der Waals surface area contributed by atoms with Crippen molar-refractivity contribution in [3.05, 3.63) is 58.8 Å². The number of sulfonamides is 1. The number of thiophene rings is 1. The molecule has 4 nitrogen and oxygen atoms in total. The van der Waals surface area contributed by atoms with Crippen molar-refractivity contribution < 1.29 is 8.42 Å². The second-order valence-corrected chi connectivity index (χ2v) is 7.23. The summed E-state index contributed by atoms with van der Waals surface area (Å²) in [5, 5.41) is 3.79. The number of nitrogens with one attached hydrogen (secondary N) is 1. The molecule has 1 aromatic heterocycles. The minimum absolute atomic E-state index is 0.214. The van der Waals surface area contributed by atoms with E-state index in [0.29, 0.717) is 10.6 Å². The molecule has 0 unspecified atom stereocenters. The maximum atomic E-state index is 12.4. The first-order chi connectivity index (χ1) is 10.1. The van der Waals surface area contributed by atoms with E-state index in [-0.39, 0.29) is 11.4 Å². The van der Waals surface area contributed by atoms with Crippen LogP contribution in [-0.4, -0.2) is 8.42 Å². The second-order valence-electron chi connectivity index (χ2n) is 4.58. The summed E-state index contributed by atoms with van der Waals surface area (Å²) in [5.41, 5.74) is 6.12. The van der Waals surface area contributed by atoms with Crippen LogP contribution >= 0.6 is 11.3 Å². The van der Waals surface area contributed by atoms with Crippen LogP contribution in [-0.2, 0) is 16.6 Å². The molecule has 3 N–H and O–H groups in total. The first-order valence-electron chi connectivity index (χ1n) is 6.38. The van der Waals surface area contributed by atoms with Crippen LogP contribution in [0.2, 0.25) is 0 Å². The first-order valence-corrected chi connectivity index (χ1v) is 8.74. The molecule has 2 aromatic carbocycles. The highest BCUT2D eigenvalue weighted by Gasteiger charge is 2.19. The van der Waals surface area contributed by atoms with E-state index in [1.165, 1.54) is 11.3 Å². The van der Waals surface area contributed by atoms with Gasteiger partial charge in [-0.2, -0.15) is 0 Å². The Balaban J connectivity index is 1.97. The van der Waals surface area contributed by atoms with E-state index in [4.69, 9.17) is 5.73 Å². The van der Waals surface area contributed by atoms with Gasteiger partial charge in [0.05, 0.1) is 0 Å². The summed E-state index contributed by atoms with van der Waals surface area (Å²) in [6.07, 6.45) is 0. The number of rotatable bonds is 4. The number of nitrogens with two attached hydrogens (primary N) is 1. The van der Waals surface area contributed by atoms with Gasteiger partial charge in [-0.1, -0.05) is 30.3 Å². The van der Waals surface area contributed by atoms with Crippen LogP contribution < -0.4 is 10.5 Å². The summed E-state index contributed by atoms with van der Waals surface area (Å²) in [4.78, 5) is 0.909. The van der Waals surface area contributed by atoms with Crippen LogP contribution in [0, 0.1) is 0 Å². The SMILES string of the molecule is NCc1sccc1S(=O)(=O)Nc1ccc2ccccc2c1. The van der Waals surface area contributed by atoms with Crippen molar-refractivity contribution in [1.29, 1.82) is 0 Å². The minimum Gasteiger partial charge on any atom is -0.326 e. The predicted molar refractivity (Wildman–Crippen MR) is 87.0 cm³/mol. The van der Waals surface area contributed by atoms with E-state index in [2.05, 4.69) is 4.72 Å². The molecule has 0 atom stereocenters. The van der Waals surface area contributed by atoms with Crippen LogP contribution in [0.1, 0.15) is 4.88 Å². The van der Waals surface area contributed by atoms with Crippen LogP contribution in [0.3, 0.4) is 0 Å². The molecule has 0 spiro atoms. The van der Waals surface area contributed by atoms with Gasteiger partial charge >= 0.3 is 0 Å². The summed E-state index contributed by atoms with van der Waals surface area (Å²) >= 11 is 1.35. The lowest BCUT2D eigenvalue weighted by Crippen LogP contribution is -2.14. The third-order valence-corrected chi connectivity index (χ3v) is 5.72. The first kappa shape index (κ1) is 14.1. The fourth-order valence-electron chi connectivity index (χ4n) is 2.18. The Morgan fingerprint density at radius 1 is 1.05 bits per heavy atom. The van der Waals surface area contributed by atoms with Crippen molar-refractivity contribution in [3.8, 4) is 0 Å². The van der Waals surface area contributed by atoms with Gasteiger partial charge in [0.15, 0.2) is 0 Å². The molecular weight excluding hydrogens is 304 g/mol. The predicted octanol–water partition coefficient (Wildman–Crippen LogP) is 3.16. The average molecular weight is 318 g/mol. The van der Waals surface area contributed by atoms with E-state index in [1.54, 1.807) is 17.5 Å². The van der Waals surface area contributed by atoms with Crippen LogP contribution in [0.15, 0.2) is 58.8 Å². The van der Waals surface area contributed by atoms with Crippen molar-refractivity contribution in [3.63, 3.8) is 0 Å². The topological polar surface area (TPSA) is 72.2 Å². The normalized spacial score (nSPS) is 11.7. The molecule has 108 valence electrons. The van der Waals surface area contributed by atoms with E-state index in [1.807, 2.05) is 36.4 Å². The Hall–Kier alpha value is -1.89. The molecule has 0 saturated carbocycles. The molecule has 6 heteroatoms. The lowest BCUT2D eigenvalue weighted by Gasteiger charge is -2.09. The van der Waals surface area contributed by atoms with Gasteiger partial charge in [0.1, 0.15) is 4.90 Å². The molecule has 1 heterocycles. The molecule has 0 aliphatic heterocycles. The summed E-state index contributed by atoms with van der Waals surface area (Å²) in [7, 11) is -3.60. The van der Waals surface area contributed by atoms with Crippen molar-refractivity contribution >= 4 is 37.8 Å². The number of fused-ring (bicyclic) bond motifs is 1. The number of benzene rings is 2. The molecule has 0 aliphatic rings. The van der Waals surface area contributed by atoms with E-state index in [9.17, 15) is 8.42 Å². The maximum absolute atomic E-state index is 12.4. The van der Waals surface area contributed by atoms with Crippen molar-refractivity contribution in [2.24, 2.45) is 5.73 Å². The van der Waals surface area contributed by atoms with Crippen LogP contribution in [0.25, 0.3) is 10.8 Å². The molecule has 3 aromatic rings. The smallest absolute Gasteiger partial charge is 0.263 e. The molecule has 0 fully saturated rings. The molecule has 0 aliphatic carbocycles. The number of hydrogen-bond donors (Lipinski definition) is 2. The van der Waals surface area contributed by atoms with Crippen LogP contribution in [0.5, 0.6) is 0 Å². The molecule has 21 heavy (non-hydrogen) atoms. The van der Waals surface area contributed by atoms with Gasteiger partial charge < -0.3 is 5.73 Å². The maximum Gasteiger partial charge on any atom is 0.263 e. The van der Waals surface area contributed by atoms with Gasteiger partial charge in [0, 0.05) is 17.1 Å². The van der Waals surface area contributed by atoms with E-state index in [0.717, 1.165) is 10.8 Å². The molecule has 3 rings (SSSR count). The molecule has 0 amide bonds. The number of hydrogen-bond acceptors (Lipinski definition) is 4. The Bertz CT molecular complexity index is 885. The van der Waals surface area contributed by atoms with E-state index >= 15 is 0 Å². The lowest BCUT2D eigenvalue weighted by atomic mass is 10.1. The third kappa shape index (κ3) is 2.78. The Morgan fingerprint density at radius 2 is 1.81 bits per heavy atom. The van der Waals surface area contributed by atoms with Crippen molar-refractivity contribution in [2.45, 2.75) is 11.4 Å². The standard InChI is InChI=1S/C15H14N2O2S2/c16-10-14-15(7-8-20-14)21(18,19)17-13-6-5-11-3-1-2-4-12(11)9-13/h1-9,17H,10,16H2. The Kier molecular flexibility index (Phi) is 3.67. The average Bonchev–Trinajstić information content (AvgIpc) is 2.96. The quantitative estimate of drug-likeness (QED) is 0.776. The number of anilines is 1. The third-order valence-electron chi connectivity index (χ3n) is 3.18. The molecular formula is C15H14N2O2S2. The highest BCUT2D eigenvalue weighted by atomic mass is 32.2. The molecule has 0 saturated heterocycles. The Labute approximate surface area is 127 Å². The van der Waals surface area contributed by atoms with Crippen molar-refractivity contribution in [2.75, 3.05) is 4.72 Å². The highest BCUT2D eigenvalue weighted by molar-refractivity contribution is 7.93. The zero-order valence-corrected chi connectivity index (χ0v) is 12.7. The van der Waals surface area contributed by atoms with Gasteiger partial charge in [-0.25, -0.2) is 8.42 Å². The molecule has 0 bridgehead atoms. The zero-order chi connectivity index (χ0) is 14.9. The van der Waals surface area contributed by atoms with Gasteiger partial charge in [-0.05, 0) is 34.4 Å². The fourth-order valence-corrected chi connectivity index (χ4v) is 4.57. The van der Waals surface area contributed by atoms with Gasteiger partial charge in [-0.15, -0.1) is 11.3 Å². The summed E-state index contributed by atoms with van der Waals surface area (Å²) in [6, 6.07) is 14.9. The summed E-state index contributed by atoms with van der Waals surface area (Å²) in [5.74, 6) is 0. The minimum atomic E-state index is -3.60. The highest BCUT2D eigenvalue weighted by Crippen LogP contribution is 2.25.